The molecule has 2 N–H and O–H groups in total. The maximum absolute atomic E-state index is 5.83. The van der Waals surface area contributed by atoms with Gasteiger partial charge in [-0.3, -0.25) is 0 Å². The molecule has 3 nitrogen and oxygen atoms in total. The molecule has 0 amide bonds. The molecule has 1 saturated heterocycles. The van der Waals surface area contributed by atoms with Crippen LogP contribution < -0.4 is 10.6 Å². The Morgan fingerprint density at radius 3 is 2.89 bits per heavy atom. The van der Waals surface area contributed by atoms with E-state index >= 15 is 0 Å². The highest BCUT2D eigenvalue weighted by molar-refractivity contribution is 9.10. The van der Waals surface area contributed by atoms with E-state index in [-0.39, 0.29) is 6.04 Å². The van der Waals surface area contributed by atoms with Crippen LogP contribution in [0, 0.1) is 0 Å². The molecule has 4 heteroatoms. The van der Waals surface area contributed by atoms with Gasteiger partial charge in [0.05, 0.1) is 18.3 Å². The number of halogens is 1. The second-order valence-electron chi connectivity index (χ2n) is 5.10. The number of ether oxygens (including phenoxy) is 1. The average molecular weight is 313 g/mol. The van der Waals surface area contributed by atoms with Gasteiger partial charge in [0.2, 0.25) is 0 Å². The fraction of sp³-hybridized carbons (Fsp3) is 0.571. The standard InChI is InChI=1S/C14H21BrN2O/c1-10(16)7-11-3-4-14(13(15)8-11)17(2)12-5-6-18-9-12/h3-4,8,10,12H,5-7,9,16H2,1-2H3. The van der Waals surface area contributed by atoms with Crippen LogP contribution in [0.2, 0.25) is 0 Å². The molecule has 1 aliphatic heterocycles. The van der Waals surface area contributed by atoms with E-state index in [4.69, 9.17) is 10.5 Å². The fourth-order valence-corrected chi connectivity index (χ4v) is 3.07. The van der Waals surface area contributed by atoms with Crippen molar-refractivity contribution in [3.63, 3.8) is 0 Å². The maximum Gasteiger partial charge on any atom is 0.0670 e. The van der Waals surface area contributed by atoms with Crippen molar-refractivity contribution in [3.05, 3.63) is 28.2 Å². The fourth-order valence-electron chi connectivity index (χ4n) is 2.36. The largest absolute Gasteiger partial charge is 0.379 e. The lowest BCUT2D eigenvalue weighted by Gasteiger charge is -2.26. The number of likely N-dealkylation sites (N-methyl/N-ethyl adjacent to an activating group) is 1. The van der Waals surface area contributed by atoms with Gasteiger partial charge in [-0.05, 0) is 53.4 Å². The number of anilines is 1. The molecule has 0 saturated carbocycles. The van der Waals surface area contributed by atoms with Gasteiger partial charge in [0.25, 0.3) is 0 Å². The van der Waals surface area contributed by atoms with E-state index in [0.717, 1.165) is 30.5 Å². The van der Waals surface area contributed by atoms with Crippen molar-refractivity contribution in [2.75, 3.05) is 25.2 Å². The molecule has 0 radical (unpaired) electrons. The van der Waals surface area contributed by atoms with Crippen LogP contribution in [-0.4, -0.2) is 32.3 Å². The molecule has 2 atom stereocenters. The van der Waals surface area contributed by atoms with Crippen LogP contribution in [-0.2, 0) is 11.2 Å². The molecule has 1 aromatic carbocycles. The predicted molar refractivity (Wildman–Crippen MR) is 79.1 cm³/mol. The van der Waals surface area contributed by atoms with Crippen LogP contribution in [0.15, 0.2) is 22.7 Å². The average Bonchev–Trinajstić information content (AvgIpc) is 2.80. The highest BCUT2D eigenvalue weighted by Crippen LogP contribution is 2.29. The van der Waals surface area contributed by atoms with Gasteiger partial charge >= 0.3 is 0 Å². The maximum atomic E-state index is 5.83. The lowest BCUT2D eigenvalue weighted by molar-refractivity contribution is 0.193. The summed E-state index contributed by atoms with van der Waals surface area (Å²) in [5.41, 5.74) is 8.33. The second-order valence-corrected chi connectivity index (χ2v) is 5.95. The quantitative estimate of drug-likeness (QED) is 0.928. The summed E-state index contributed by atoms with van der Waals surface area (Å²) in [5.74, 6) is 0. The number of hydrogen-bond donors (Lipinski definition) is 1. The zero-order valence-corrected chi connectivity index (χ0v) is 12.6. The van der Waals surface area contributed by atoms with Crippen molar-refractivity contribution >= 4 is 21.6 Å². The summed E-state index contributed by atoms with van der Waals surface area (Å²) in [7, 11) is 2.13. The minimum absolute atomic E-state index is 0.198. The zero-order valence-electron chi connectivity index (χ0n) is 11.0. The number of nitrogens with two attached hydrogens (primary N) is 1. The van der Waals surface area contributed by atoms with Gasteiger partial charge in [-0.1, -0.05) is 6.07 Å². The molecular weight excluding hydrogens is 292 g/mol. The first-order valence-corrected chi connectivity index (χ1v) is 7.22. The topological polar surface area (TPSA) is 38.5 Å². The molecule has 1 aliphatic rings. The number of hydrogen-bond acceptors (Lipinski definition) is 3. The molecule has 0 bridgehead atoms. The Balaban J connectivity index is 2.13. The van der Waals surface area contributed by atoms with E-state index in [0.29, 0.717) is 6.04 Å². The van der Waals surface area contributed by atoms with E-state index < -0.39 is 0 Å². The van der Waals surface area contributed by atoms with Crippen LogP contribution in [0.3, 0.4) is 0 Å². The van der Waals surface area contributed by atoms with E-state index in [1.165, 1.54) is 11.3 Å². The number of benzene rings is 1. The van der Waals surface area contributed by atoms with Crippen LogP contribution in [0.5, 0.6) is 0 Å². The number of nitrogens with zero attached hydrogens (tertiary/aromatic N) is 1. The van der Waals surface area contributed by atoms with E-state index in [9.17, 15) is 0 Å². The summed E-state index contributed by atoms with van der Waals surface area (Å²) in [6.45, 7) is 3.73. The van der Waals surface area contributed by atoms with Crippen LogP contribution >= 0.6 is 15.9 Å². The monoisotopic (exact) mass is 312 g/mol. The highest BCUT2D eigenvalue weighted by atomic mass is 79.9. The zero-order chi connectivity index (χ0) is 13.1. The Bertz CT molecular complexity index is 403. The molecule has 1 fully saturated rings. The first-order chi connectivity index (χ1) is 8.58. The molecule has 100 valence electrons. The Morgan fingerprint density at radius 1 is 1.56 bits per heavy atom. The Labute approximate surface area is 117 Å². The van der Waals surface area contributed by atoms with Crippen molar-refractivity contribution in [2.45, 2.75) is 31.8 Å². The van der Waals surface area contributed by atoms with Gasteiger partial charge in [-0.15, -0.1) is 0 Å². The van der Waals surface area contributed by atoms with Gasteiger partial charge in [-0.2, -0.15) is 0 Å². The first kappa shape index (κ1) is 13.8. The lowest BCUT2D eigenvalue weighted by Crippen LogP contribution is -2.32. The summed E-state index contributed by atoms with van der Waals surface area (Å²) in [6, 6.07) is 7.19. The van der Waals surface area contributed by atoms with Crippen molar-refractivity contribution < 1.29 is 4.74 Å². The van der Waals surface area contributed by atoms with Crippen LogP contribution in [0.1, 0.15) is 18.9 Å². The number of rotatable bonds is 4. The Hall–Kier alpha value is -0.580. The minimum atomic E-state index is 0.198. The Morgan fingerprint density at radius 2 is 2.33 bits per heavy atom. The van der Waals surface area contributed by atoms with Crippen LogP contribution in [0.4, 0.5) is 5.69 Å². The molecule has 1 aromatic rings. The minimum Gasteiger partial charge on any atom is -0.379 e. The highest BCUT2D eigenvalue weighted by Gasteiger charge is 2.21. The van der Waals surface area contributed by atoms with Crippen molar-refractivity contribution in [2.24, 2.45) is 5.73 Å². The third kappa shape index (κ3) is 3.25. The predicted octanol–water partition coefficient (Wildman–Crippen LogP) is 2.56. The third-order valence-electron chi connectivity index (χ3n) is 3.40. The van der Waals surface area contributed by atoms with Crippen molar-refractivity contribution in [3.8, 4) is 0 Å². The molecule has 18 heavy (non-hydrogen) atoms. The third-order valence-corrected chi connectivity index (χ3v) is 4.04. The molecule has 2 rings (SSSR count). The van der Waals surface area contributed by atoms with E-state index in [2.05, 4.69) is 46.1 Å². The summed E-state index contributed by atoms with van der Waals surface area (Å²) < 4.78 is 6.58. The van der Waals surface area contributed by atoms with Crippen molar-refractivity contribution in [1.82, 2.24) is 0 Å². The van der Waals surface area contributed by atoms with Gasteiger partial charge in [0.15, 0.2) is 0 Å². The normalized spacial score (nSPS) is 21.0. The summed E-state index contributed by atoms with van der Waals surface area (Å²) in [4.78, 5) is 2.30. The van der Waals surface area contributed by atoms with E-state index in [1.54, 1.807) is 0 Å². The lowest BCUT2D eigenvalue weighted by atomic mass is 10.1. The van der Waals surface area contributed by atoms with Gasteiger partial charge < -0.3 is 15.4 Å². The molecule has 0 aromatic heterocycles. The first-order valence-electron chi connectivity index (χ1n) is 6.42. The Kier molecular flexibility index (Phi) is 4.65. The molecule has 2 unspecified atom stereocenters. The SMILES string of the molecule is CC(N)Cc1ccc(N(C)C2CCOC2)c(Br)c1. The second kappa shape index (κ2) is 6.04. The van der Waals surface area contributed by atoms with E-state index in [1.807, 2.05) is 6.92 Å². The van der Waals surface area contributed by atoms with Crippen molar-refractivity contribution in [1.29, 1.82) is 0 Å². The molecule has 1 heterocycles. The van der Waals surface area contributed by atoms with Gasteiger partial charge in [-0.25, -0.2) is 0 Å². The van der Waals surface area contributed by atoms with Gasteiger partial charge in [0, 0.05) is 24.2 Å². The molecule has 0 aliphatic carbocycles. The summed E-state index contributed by atoms with van der Waals surface area (Å²) in [6.07, 6.45) is 2.01. The summed E-state index contributed by atoms with van der Waals surface area (Å²) >= 11 is 3.66. The smallest absolute Gasteiger partial charge is 0.0670 e. The molecule has 0 spiro atoms. The van der Waals surface area contributed by atoms with Gasteiger partial charge in [0.1, 0.15) is 0 Å². The van der Waals surface area contributed by atoms with Crippen LogP contribution in [0.25, 0.3) is 0 Å². The summed E-state index contributed by atoms with van der Waals surface area (Å²) in [5, 5.41) is 0. The molecular formula is C14H21BrN2O.